The topological polar surface area (TPSA) is 38.3 Å². The molecular formula is C11H20BrNO2. The first-order valence-electron chi connectivity index (χ1n) is 5.55. The molecule has 0 aromatic rings. The molecule has 1 aliphatic rings. The Bertz CT molecular complexity index is 221. The number of hydrogen-bond donors (Lipinski definition) is 1. The molecule has 4 atom stereocenters. The third-order valence-electron chi connectivity index (χ3n) is 2.64. The summed E-state index contributed by atoms with van der Waals surface area (Å²) in [6, 6.07) is 0.225. The number of amides is 1. The normalized spacial score (nSPS) is 29.9. The molecule has 1 rings (SSSR count). The fourth-order valence-electron chi connectivity index (χ4n) is 1.91. The van der Waals surface area contributed by atoms with Crippen molar-refractivity contribution in [3.8, 4) is 0 Å². The summed E-state index contributed by atoms with van der Waals surface area (Å²) < 4.78 is 5.38. The first-order valence-corrected chi connectivity index (χ1v) is 6.46. The molecule has 1 N–H and O–H groups in total. The van der Waals surface area contributed by atoms with Crippen molar-refractivity contribution in [1.82, 2.24) is 5.32 Å². The number of nitrogens with one attached hydrogen (secondary N) is 1. The van der Waals surface area contributed by atoms with Gasteiger partial charge in [-0.05, 0) is 26.7 Å². The minimum absolute atomic E-state index is 0.0491. The van der Waals surface area contributed by atoms with E-state index in [-0.39, 0.29) is 24.0 Å². The zero-order chi connectivity index (χ0) is 11.4. The van der Waals surface area contributed by atoms with E-state index < -0.39 is 0 Å². The van der Waals surface area contributed by atoms with Crippen LogP contribution in [0.1, 0.15) is 33.6 Å². The summed E-state index contributed by atoms with van der Waals surface area (Å²) in [7, 11) is 0. The van der Waals surface area contributed by atoms with Crippen LogP contribution in [0.25, 0.3) is 0 Å². The van der Waals surface area contributed by atoms with Crippen molar-refractivity contribution < 1.29 is 9.53 Å². The van der Waals surface area contributed by atoms with E-state index in [1.54, 1.807) is 0 Å². The molecule has 1 aliphatic heterocycles. The van der Waals surface area contributed by atoms with Crippen LogP contribution in [0.2, 0.25) is 0 Å². The lowest BCUT2D eigenvalue weighted by Crippen LogP contribution is -2.38. The predicted molar refractivity (Wildman–Crippen MR) is 64.1 cm³/mol. The van der Waals surface area contributed by atoms with Gasteiger partial charge in [0, 0.05) is 10.9 Å². The average molecular weight is 278 g/mol. The molecule has 0 aliphatic carbocycles. The van der Waals surface area contributed by atoms with Crippen LogP contribution in [0, 0.1) is 5.92 Å². The highest BCUT2D eigenvalue weighted by atomic mass is 79.9. The smallest absolute Gasteiger partial charge is 0.225 e. The van der Waals surface area contributed by atoms with E-state index in [0.29, 0.717) is 11.4 Å². The number of carbonyl (C=O) groups is 1. The largest absolute Gasteiger partial charge is 0.378 e. The SMILES string of the molecule is CC(Br)CC(C)NC(=O)C1COC(C)C1. The Morgan fingerprint density at radius 2 is 2.27 bits per heavy atom. The van der Waals surface area contributed by atoms with Gasteiger partial charge < -0.3 is 10.1 Å². The Morgan fingerprint density at radius 3 is 2.73 bits per heavy atom. The monoisotopic (exact) mass is 277 g/mol. The average Bonchev–Trinajstić information content (AvgIpc) is 2.49. The number of ether oxygens (including phenoxy) is 1. The Balaban J connectivity index is 2.29. The molecule has 0 bridgehead atoms. The second kappa shape index (κ2) is 5.85. The van der Waals surface area contributed by atoms with Gasteiger partial charge in [-0.15, -0.1) is 0 Å². The van der Waals surface area contributed by atoms with Crippen LogP contribution >= 0.6 is 15.9 Å². The zero-order valence-corrected chi connectivity index (χ0v) is 11.2. The summed E-state index contributed by atoms with van der Waals surface area (Å²) in [4.78, 5) is 12.2. The van der Waals surface area contributed by atoms with Gasteiger partial charge in [0.15, 0.2) is 0 Å². The van der Waals surface area contributed by atoms with Crippen molar-refractivity contribution in [3.05, 3.63) is 0 Å². The van der Waals surface area contributed by atoms with Crippen LogP contribution in [-0.2, 0) is 9.53 Å². The van der Waals surface area contributed by atoms with Crippen molar-refractivity contribution in [1.29, 1.82) is 0 Å². The molecule has 3 nitrogen and oxygen atoms in total. The van der Waals surface area contributed by atoms with Gasteiger partial charge in [-0.1, -0.05) is 22.9 Å². The highest BCUT2D eigenvalue weighted by Crippen LogP contribution is 2.19. The van der Waals surface area contributed by atoms with Crippen molar-refractivity contribution in [2.24, 2.45) is 5.92 Å². The standard InChI is InChI=1S/C11H20BrNO2/c1-7(12)4-8(2)13-11(14)10-5-9(3)15-6-10/h7-10H,4-6H2,1-3H3,(H,13,14). The van der Waals surface area contributed by atoms with Crippen LogP contribution in [0.3, 0.4) is 0 Å². The van der Waals surface area contributed by atoms with Crippen LogP contribution in [0.5, 0.6) is 0 Å². The number of carbonyl (C=O) groups excluding carboxylic acids is 1. The Hall–Kier alpha value is -0.0900. The Labute approximate surface area is 100 Å². The summed E-state index contributed by atoms with van der Waals surface area (Å²) in [6.45, 7) is 6.71. The molecule has 1 amide bonds. The van der Waals surface area contributed by atoms with E-state index in [1.807, 2.05) is 13.8 Å². The summed E-state index contributed by atoms with van der Waals surface area (Å²) in [5.74, 6) is 0.188. The molecule has 88 valence electrons. The van der Waals surface area contributed by atoms with Crippen LogP contribution < -0.4 is 5.32 Å². The fourth-order valence-corrected chi connectivity index (χ4v) is 2.47. The lowest BCUT2D eigenvalue weighted by molar-refractivity contribution is -0.125. The Morgan fingerprint density at radius 1 is 1.60 bits per heavy atom. The number of hydrogen-bond acceptors (Lipinski definition) is 2. The van der Waals surface area contributed by atoms with Crippen molar-refractivity contribution in [2.75, 3.05) is 6.61 Å². The lowest BCUT2D eigenvalue weighted by atomic mass is 10.0. The second-order valence-electron chi connectivity index (χ2n) is 4.50. The van der Waals surface area contributed by atoms with Crippen molar-refractivity contribution in [3.63, 3.8) is 0 Å². The molecule has 0 aromatic carbocycles. The molecule has 4 unspecified atom stereocenters. The van der Waals surface area contributed by atoms with Crippen molar-refractivity contribution in [2.45, 2.75) is 50.6 Å². The number of halogens is 1. The van der Waals surface area contributed by atoms with E-state index in [2.05, 4.69) is 28.2 Å². The van der Waals surface area contributed by atoms with Gasteiger partial charge in [-0.25, -0.2) is 0 Å². The maximum atomic E-state index is 11.8. The van der Waals surface area contributed by atoms with Crippen LogP contribution in [0.15, 0.2) is 0 Å². The van der Waals surface area contributed by atoms with E-state index in [4.69, 9.17) is 4.74 Å². The maximum Gasteiger partial charge on any atom is 0.225 e. The third kappa shape index (κ3) is 4.51. The molecule has 1 fully saturated rings. The zero-order valence-electron chi connectivity index (χ0n) is 9.63. The van der Waals surface area contributed by atoms with Gasteiger partial charge in [0.1, 0.15) is 0 Å². The Kier molecular flexibility index (Phi) is 5.06. The fraction of sp³-hybridized carbons (Fsp3) is 0.909. The van der Waals surface area contributed by atoms with E-state index in [0.717, 1.165) is 12.8 Å². The lowest BCUT2D eigenvalue weighted by Gasteiger charge is -2.17. The molecule has 0 spiro atoms. The molecule has 0 saturated carbocycles. The summed E-state index contributed by atoms with van der Waals surface area (Å²) in [6.07, 6.45) is 2.03. The summed E-state index contributed by atoms with van der Waals surface area (Å²) >= 11 is 3.48. The predicted octanol–water partition coefficient (Wildman–Crippen LogP) is 2.09. The van der Waals surface area contributed by atoms with Gasteiger partial charge in [-0.3, -0.25) is 4.79 Å². The minimum Gasteiger partial charge on any atom is -0.378 e. The highest BCUT2D eigenvalue weighted by molar-refractivity contribution is 9.09. The minimum atomic E-state index is 0.0491. The van der Waals surface area contributed by atoms with Gasteiger partial charge >= 0.3 is 0 Å². The second-order valence-corrected chi connectivity index (χ2v) is 6.07. The van der Waals surface area contributed by atoms with Crippen molar-refractivity contribution >= 4 is 21.8 Å². The van der Waals surface area contributed by atoms with E-state index in [9.17, 15) is 4.79 Å². The number of rotatable bonds is 4. The maximum absolute atomic E-state index is 11.8. The molecular weight excluding hydrogens is 258 g/mol. The summed E-state index contributed by atoms with van der Waals surface area (Å²) in [5, 5.41) is 3.02. The molecule has 4 heteroatoms. The van der Waals surface area contributed by atoms with Gasteiger partial charge in [0.05, 0.1) is 18.6 Å². The van der Waals surface area contributed by atoms with Crippen LogP contribution in [0.4, 0.5) is 0 Å². The first kappa shape index (κ1) is 13.0. The quantitative estimate of drug-likeness (QED) is 0.800. The van der Waals surface area contributed by atoms with Crippen LogP contribution in [-0.4, -0.2) is 29.5 Å². The summed E-state index contributed by atoms with van der Waals surface area (Å²) in [5.41, 5.74) is 0. The molecule has 15 heavy (non-hydrogen) atoms. The molecule has 1 heterocycles. The van der Waals surface area contributed by atoms with Gasteiger partial charge in [0.2, 0.25) is 5.91 Å². The van der Waals surface area contributed by atoms with Gasteiger partial charge in [-0.2, -0.15) is 0 Å². The molecule has 1 saturated heterocycles. The highest BCUT2D eigenvalue weighted by Gasteiger charge is 2.28. The van der Waals surface area contributed by atoms with Gasteiger partial charge in [0.25, 0.3) is 0 Å². The van der Waals surface area contributed by atoms with E-state index in [1.165, 1.54) is 0 Å². The third-order valence-corrected chi connectivity index (χ3v) is 3.01. The van der Waals surface area contributed by atoms with E-state index >= 15 is 0 Å². The number of alkyl halides is 1. The first-order chi connectivity index (χ1) is 6.99. The molecule has 0 aromatic heterocycles. The molecule has 0 radical (unpaired) electrons.